The second kappa shape index (κ2) is 7.51. The lowest BCUT2D eigenvalue weighted by Crippen LogP contribution is -2.38. The molecule has 0 fully saturated rings. The molecule has 0 heterocycles. The quantitative estimate of drug-likeness (QED) is 0.412. The van der Waals surface area contributed by atoms with E-state index in [1.165, 1.54) is 0 Å². The van der Waals surface area contributed by atoms with Gasteiger partial charge in [0.15, 0.2) is 0 Å². The summed E-state index contributed by atoms with van der Waals surface area (Å²) in [6.45, 7) is -0.445. The summed E-state index contributed by atoms with van der Waals surface area (Å²) in [6, 6.07) is 6.83. The molecule has 20 heavy (non-hydrogen) atoms. The molecular formula is C11H11ClIN3O2S2. The fourth-order valence-corrected chi connectivity index (χ4v) is 4.10. The Balaban J connectivity index is 3.06. The van der Waals surface area contributed by atoms with Gasteiger partial charge in [-0.15, -0.1) is 0 Å². The van der Waals surface area contributed by atoms with E-state index in [4.69, 9.17) is 34.8 Å². The van der Waals surface area contributed by atoms with Crippen LogP contribution in [0.25, 0.3) is 0 Å². The molecule has 5 nitrogen and oxygen atoms in total. The molecule has 0 saturated carbocycles. The molecule has 0 aliphatic heterocycles. The second-order valence-electron chi connectivity index (χ2n) is 3.86. The van der Waals surface area contributed by atoms with E-state index in [1.54, 1.807) is 24.3 Å². The Morgan fingerprint density at radius 3 is 2.75 bits per heavy atom. The Hall–Kier alpha value is -0.470. The van der Waals surface area contributed by atoms with Crippen LogP contribution < -0.4 is 5.73 Å². The summed E-state index contributed by atoms with van der Waals surface area (Å²) in [4.78, 5) is 0.0182. The van der Waals surface area contributed by atoms with Gasteiger partial charge >= 0.3 is 0 Å². The van der Waals surface area contributed by atoms with Crippen LogP contribution in [0, 0.1) is 14.9 Å². The smallest absolute Gasteiger partial charge is 0.219 e. The maximum atomic E-state index is 12.3. The fourth-order valence-electron chi connectivity index (χ4n) is 1.45. The summed E-state index contributed by atoms with van der Waals surface area (Å²) in [5, 5.41) is 9.20. The largest absolute Gasteiger partial charge is 0.392 e. The standard InChI is InChI=1S/C11H11ClIN3O2S2/c12-9-3-1-2-8(11(9)13)7-20(17,18)16(5-4-14)6-10(15)19/h1-3H,5-7H2,(H2,15,19). The third-order valence-corrected chi connectivity index (χ3v) is 6.10. The van der Waals surface area contributed by atoms with E-state index < -0.39 is 10.0 Å². The average molecular weight is 444 g/mol. The van der Waals surface area contributed by atoms with Crippen LogP contribution in [0.3, 0.4) is 0 Å². The van der Waals surface area contributed by atoms with Crippen LogP contribution in [0.5, 0.6) is 0 Å². The van der Waals surface area contributed by atoms with Gasteiger partial charge in [0.25, 0.3) is 0 Å². The summed E-state index contributed by atoms with van der Waals surface area (Å²) < 4.78 is 26.2. The van der Waals surface area contributed by atoms with Gasteiger partial charge in [-0.1, -0.05) is 36.0 Å². The highest BCUT2D eigenvalue weighted by molar-refractivity contribution is 14.1. The minimum Gasteiger partial charge on any atom is -0.392 e. The number of hydrogen-bond acceptors (Lipinski definition) is 4. The molecule has 0 aromatic heterocycles. The van der Waals surface area contributed by atoms with Crippen molar-refractivity contribution in [2.75, 3.05) is 13.1 Å². The molecule has 0 bridgehead atoms. The summed E-state index contributed by atoms with van der Waals surface area (Å²) in [5.74, 6) is -0.254. The molecule has 0 aliphatic carbocycles. The van der Waals surface area contributed by atoms with Crippen molar-refractivity contribution in [3.05, 3.63) is 32.4 Å². The molecule has 9 heteroatoms. The van der Waals surface area contributed by atoms with Crippen LogP contribution in [0.2, 0.25) is 5.02 Å². The fraction of sp³-hybridized carbons (Fsp3) is 0.273. The number of halogens is 2. The Kier molecular flexibility index (Phi) is 6.60. The van der Waals surface area contributed by atoms with Crippen molar-refractivity contribution in [2.24, 2.45) is 5.73 Å². The first kappa shape index (κ1) is 17.6. The predicted octanol–water partition coefficient (Wildman–Crippen LogP) is 1.89. The normalized spacial score (nSPS) is 11.3. The van der Waals surface area contributed by atoms with E-state index in [-0.39, 0.29) is 23.8 Å². The van der Waals surface area contributed by atoms with Gasteiger partial charge in [0, 0.05) is 3.57 Å². The van der Waals surface area contributed by atoms with Crippen LogP contribution in [-0.4, -0.2) is 30.8 Å². The minimum atomic E-state index is -3.69. The SMILES string of the molecule is N#CCN(CC(N)=S)S(=O)(=O)Cc1cccc(Cl)c1I. The first-order valence-corrected chi connectivity index (χ1v) is 8.81. The Morgan fingerprint density at radius 1 is 1.55 bits per heavy atom. The number of nitrogens with zero attached hydrogens (tertiary/aromatic N) is 2. The third kappa shape index (κ3) is 4.82. The van der Waals surface area contributed by atoms with Crippen LogP contribution in [0.1, 0.15) is 5.56 Å². The zero-order chi connectivity index (χ0) is 15.3. The highest BCUT2D eigenvalue weighted by Crippen LogP contribution is 2.24. The number of sulfonamides is 1. The van der Waals surface area contributed by atoms with E-state index in [9.17, 15) is 8.42 Å². The molecule has 0 unspecified atom stereocenters. The molecular weight excluding hydrogens is 433 g/mol. The van der Waals surface area contributed by atoms with Crippen LogP contribution in [0.15, 0.2) is 18.2 Å². The van der Waals surface area contributed by atoms with Crippen molar-refractivity contribution in [1.82, 2.24) is 4.31 Å². The maximum absolute atomic E-state index is 12.3. The Bertz CT molecular complexity index is 658. The van der Waals surface area contributed by atoms with E-state index in [0.29, 0.717) is 14.2 Å². The molecule has 0 saturated heterocycles. The maximum Gasteiger partial charge on any atom is 0.219 e. The lowest BCUT2D eigenvalue weighted by atomic mass is 10.2. The number of benzene rings is 1. The van der Waals surface area contributed by atoms with Crippen molar-refractivity contribution in [2.45, 2.75) is 5.75 Å². The Morgan fingerprint density at radius 2 is 2.20 bits per heavy atom. The van der Waals surface area contributed by atoms with Crippen molar-refractivity contribution in [1.29, 1.82) is 5.26 Å². The van der Waals surface area contributed by atoms with Crippen molar-refractivity contribution in [3.8, 4) is 6.07 Å². The molecule has 0 spiro atoms. The van der Waals surface area contributed by atoms with Gasteiger partial charge in [-0.3, -0.25) is 0 Å². The van der Waals surface area contributed by atoms with Gasteiger partial charge in [-0.2, -0.15) is 9.57 Å². The summed E-state index contributed by atoms with van der Waals surface area (Å²) in [5.41, 5.74) is 5.93. The topological polar surface area (TPSA) is 87.2 Å². The average Bonchev–Trinajstić information content (AvgIpc) is 2.34. The lowest BCUT2D eigenvalue weighted by Gasteiger charge is -2.19. The van der Waals surface area contributed by atoms with E-state index in [0.717, 1.165) is 4.31 Å². The van der Waals surface area contributed by atoms with Crippen LogP contribution >= 0.6 is 46.4 Å². The van der Waals surface area contributed by atoms with Gasteiger partial charge in [-0.05, 0) is 34.2 Å². The molecule has 108 valence electrons. The molecule has 0 atom stereocenters. The Labute approximate surface area is 141 Å². The van der Waals surface area contributed by atoms with Gasteiger partial charge < -0.3 is 5.73 Å². The van der Waals surface area contributed by atoms with Crippen molar-refractivity contribution < 1.29 is 8.42 Å². The third-order valence-electron chi connectivity index (χ3n) is 2.34. The number of hydrogen-bond donors (Lipinski definition) is 1. The van der Waals surface area contributed by atoms with E-state index in [2.05, 4.69) is 0 Å². The molecule has 1 aromatic rings. The lowest BCUT2D eigenvalue weighted by molar-refractivity contribution is 0.483. The predicted molar refractivity (Wildman–Crippen MR) is 90.8 cm³/mol. The zero-order valence-electron chi connectivity index (χ0n) is 10.2. The molecule has 2 N–H and O–H groups in total. The zero-order valence-corrected chi connectivity index (χ0v) is 14.8. The van der Waals surface area contributed by atoms with E-state index in [1.807, 2.05) is 22.6 Å². The molecule has 0 amide bonds. The van der Waals surface area contributed by atoms with Crippen LogP contribution in [0.4, 0.5) is 0 Å². The van der Waals surface area contributed by atoms with Crippen molar-refractivity contribution >= 4 is 61.4 Å². The summed E-state index contributed by atoms with van der Waals surface area (Å²) in [7, 11) is -3.69. The van der Waals surface area contributed by atoms with E-state index >= 15 is 0 Å². The molecule has 0 aliphatic rings. The monoisotopic (exact) mass is 443 g/mol. The molecule has 1 rings (SSSR count). The minimum absolute atomic E-state index is 0.0182. The first-order chi connectivity index (χ1) is 9.27. The van der Waals surface area contributed by atoms with Gasteiger partial charge in [0.2, 0.25) is 10.0 Å². The number of rotatable bonds is 6. The van der Waals surface area contributed by atoms with Crippen LogP contribution in [-0.2, 0) is 15.8 Å². The van der Waals surface area contributed by atoms with Gasteiger partial charge in [0.1, 0.15) is 6.54 Å². The number of thiocarbonyl (C=S) groups is 1. The van der Waals surface area contributed by atoms with Crippen molar-refractivity contribution in [3.63, 3.8) is 0 Å². The summed E-state index contributed by atoms with van der Waals surface area (Å²) >= 11 is 12.6. The summed E-state index contributed by atoms with van der Waals surface area (Å²) in [6.07, 6.45) is 0. The molecule has 1 aromatic carbocycles. The second-order valence-corrected chi connectivity index (χ2v) is 7.84. The first-order valence-electron chi connectivity index (χ1n) is 5.34. The highest BCUT2D eigenvalue weighted by Gasteiger charge is 2.24. The number of nitrogens with two attached hydrogens (primary N) is 1. The molecule has 0 radical (unpaired) electrons. The van der Waals surface area contributed by atoms with Gasteiger partial charge in [0.05, 0.1) is 28.4 Å². The van der Waals surface area contributed by atoms with Gasteiger partial charge in [-0.25, -0.2) is 8.42 Å². The number of nitriles is 1. The highest BCUT2D eigenvalue weighted by atomic mass is 127.